The topological polar surface area (TPSA) is 85.3 Å². The van der Waals surface area contributed by atoms with E-state index in [0.717, 1.165) is 44.5 Å². The Bertz CT molecular complexity index is 1190. The molecule has 2 aromatic rings. The molecule has 0 aliphatic carbocycles. The molecule has 6 rings (SSSR count). The lowest BCUT2D eigenvalue weighted by molar-refractivity contribution is -0.0565. The third-order valence-electron chi connectivity index (χ3n) is 8.83. The Hall–Kier alpha value is -2.65. The monoisotopic (exact) mass is 554 g/mol. The van der Waals surface area contributed by atoms with E-state index in [2.05, 4.69) is 29.3 Å². The van der Waals surface area contributed by atoms with Gasteiger partial charge in [0, 0.05) is 44.3 Å². The number of hydrogen-bond donors (Lipinski definition) is 2. The molecule has 2 bridgehead atoms. The molecule has 3 unspecified atom stereocenters. The van der Waals surface area contributed by atoms with Gasteiger partial charge in [-0.05, 0) is 61.9 Å². The highest BCUT2D eigenvalue weighted by atomic mass is 35.5. The number of aliphatic hydroxyl groups is 1. The lowest BCUT2D eigenvalue weighted by atomic mass is 9.92. The van der Waals surface area contributed by atoms with Crippen molar-refractivity contribution in [2.45, 2.75) is 63.4 Å². The molecule has 4 atom stereocenters. The maximum atomic E-state index is 13.7. The summed E-state index contributed by atoms with van der Waals surface area (Å²) in [5.74, 6) is -0.0528. The second-order valence-electron chi connectivity index (χ2n) is 11.1. The molecule has 4 aliphatic heterocycles. The van der Waals surface area contributed by atoms with Crippen molar-refractivity contribution in [2.24, 2.45) is 0 Å². The molecular formula is C30H39ClN4O4. The van der Waals surface area contributed by atoms with E-state index < -0.39 is 6.10 Å². The fourth-order valence-corrected chi connectivity index (χ4v) is 6.66. The summed E-state index contributed by atoms with van der Waals surface area (Å²) in [6, 6.07) is 14.0. The van der Waals surface area contributed by atoms with Crippen LogP contribution in [0, 0.1) is 0 Å². The summed E-state index contributed by atoms with van der Waals surface area (Å²) in [5.41, 5.74) is 4.55. The van der Waals surface area contributed by atoms with E-state index in [9.17, 15) is 14.7 Å². The second kappa shape index (κ2) is 11.8. The van der Waals surface area contributed by atoms with Crippen LogP contribution in [-0.4, -0.2) is 90.3 Å². The Kier molecular flexibility index (Phi) is 8.47. The summed E-state index contributed by atoms with van der Waals surface area (Å²) in [6.45, 7) is 6.19. The molecule has 4 heterocycles. The van der Waals surface area contributed by atoms with Gasteiger partial charge in [0.05, 0.1) is 42.7 Å². The van der Waals surface area contributed by atoms with E-state index in [1.54, 1.807) is 11.0 Å². The van der Waals surface area contributed by atoms with Crippen LogP contribution in [0.4, 0.5) is 5.69 Å². The molecule has 2 aromatic carbocycles. The van der Waals surface area contributed by atoms with Crippen molar-refractivity contribution < 1.29 is 19.4 Å². The van der Waals surface area contributed by atoms with Crippen LogP contribution in [0.15, 0.2) is 42.5 Å². The SMILES string of the molecule is CCN1CCN(CC(O)[C@@H]2Cc3ccccc3CN2)C(=O)c2ccc(C(=O)N3C4CCCC3COC4)cc21.Cl. The summed E-state index contributed by atoms with van der Waals surface area (Å²) >= 11 is 0. The summed E-state index contributed by atoms with van der Waals surface area (Å²) in [4.78, 5) is 33.3. The number of fused-ring (bicyclic) bond motifs is 4. The normalized spacial score (nSPS) is 25.2. The zero-order valence-corrected chi connectivity index (χ0v) is 23.4. The van der Waals surface area contributed by atoms with Crippen molar-refractivity contribution in [1.82, 2.24) is 15.1 Å². The van der Waals surface area contributed by atoms with E-state index >= 15 is 0 Å². The highest BCUT2D eigenvalue weighted by Crippen LogP contribution is 2.32. The summed E-state index contributed by atoms with van der Waals surface area (Å²) in [5, 5.41) is 14.6. The van der Waals surface area contributed by atoms with E-state index in [4.69, 9.17) is 4.74 Å². The number of anilines is 1. The van der Waals surface area contributed by atoms with Crippen LogP contribution in [0.3, 0.4) is 0 Å². The molecule has 210 valence electrons. The fourth-order valence-electron chi connectivity index (χ4n) is 6.66. The molecule has 0 aromatic heterocycles. The Balaban J connectivity index is 0.00000308. The van der Waals surface area contributed by atoms with Crippen molar-refractivity contribution in [1.29, 1.82) is 0 Å². The van der Waals surface area contributed by atoms with Crippen LogP contribution in [0.1, 0.15) is 58.0 Å². The zero-order valence-electron chi connectivity index (χ0n) is 22.6. The number of nitrogens with zero attached hydrogens (tertiary/aromatic N) is 3. The van der Waals surface area contributed by atoms with Crippen LogP contribution in [0.5, 0.6) is 0 Å². The quantitative estimate of drug-likeness (QED) is 0.591. The first-order valence-corrected chi connectivity index (χ1v) is 14.1. The smallest absolute Gasteiger partial charge is 0.256 e. The number of β-amino-alcohol motifs (C(OH)–C–C–N with tert-alkyl or cyclic N) is 1. The van der Waals surface area contributed by atoms with E-state index in [0.29, 0.717) is 37.4 Å². The average molecular weight is 555 g/mol. The van der Waals surface area contributed by atoms with Gasteiger partial charge in [0.2, 0.25) is 0 Å². The molecule has 0 spiro atoms. The maximum Gasteiger partial charge on any atom is 0.256 e. The first kappa shape index (κ1) is 27.9. The van der Waals surface area contributed by atoms with Crippen LogP contribution in [-0.2, 0) is 17.7 Å². The standard InChI is InChI=1S/C30H38N4O4.ClH/c1-2-32-12-13-33(17-28(35)26-14-20-6-3-4-7-22(20)16-31-26)30(37)25-11-10-21(15-27(25)32)29(36)34-23-8-5-9-24(34)19-38-18-23;/h3-4,6-7,10-11,15,23-24,26,28,31,35H,2,5,8-9,12-14,16-19H2,1H3;1H/t23?,24?,26-,28?;/m0./s1. The molecule has 2 N–H and O–H groups in total. The first-order chi connectivity index (χ1) is 18.5. The predicted octanol–water partition coefficient (Wildman–Crippen LogP) is 2.86. The van der Waals surface area contributed by atoms with E-state index in [1.807, 2.05) is 29.2 Å². The number of halogens is 1. The lowest BCUT2D eigenvalue weighted by Gasteiger charge is -2.45. The van der Waals surface area contributed by atoms with Gasteiger partial charge in [-0.15, -0.1) is 12.4 Å². The fraction of sp³-hybridized carbons (Fsp3) is 0.533. The molecule has 8 nitrogen and oxygen atoms in total. The van der Waals surface area contributed by atoms with Gasteiger partial charge in [0.15, 0.2) is 0 Å². The molecule has 9 heteroatoms. The van der Waals surface area contributed by atoms with Gasteiger partial charge in [0.1, 0.15) is 0 Å². The number of piperidine rings is 1. The van der Waals surface area contributed by atoms with Crippen molar-refractivity contribution in [3.8, 4) is 0 Å². The van der Waals surface area contributed by atoms with Gasteiger partial charge in [-0.2, -0.15) is 0 Å². The van der Waals surface area contributed by atoms with Gasteiger partial charge in [-0.25, -0.2) is 0 Å². The van der Waals surface area contributed by atoms with Gasteiger partial charge in [-0.3, -0.25) is 9.59 Å². The highest BCUT2D eigenvalue weighted by molar-refractivity contribution is 6.03. The number of carbonyl (C=O) groups excluding carboxylic acids is 2. The number of ether oxygens (including phenoxy) is 1. The molecule has 2 fully saturated rings. The summed E-state index contributed by atoms with van der Waals surface area (Å²) in [6.07, 6.45) is 3.16. The van der Waals surface area contributed by atoms with Crippen molar-refractivity contribution >= 4 is 29.9 Å². The zero-order chi connectivity index (χ0) is 26.2. The van der Waals surface area contributed by atoms with Crippen molar-refractivity contribution in [3.63, 3.8) is 0 Å². The Morgan fingerprint density at radius 3 is 2.54 bits per heavy atom. The molecule has 39 heavy (non-hydrogen) atoms. The molecule has 0 radical (unpaired) electrons. The van der Waals surface area contributed by atoms with Crippen LogP contribution in [0.2, 0.25) is 0 Å². The highest BCUT2D eigenvalue weighted by Gasteiger charge is 2.39. The Labute approximate surface area is 236 Å². The first-order valence-electron chi connectivity index (χ1n) is 14.1. The van der Waals surface area contributed by atoms with Gasteiger partial charge >= 0.3 is 0 Å². The second-order valence-corrected chi connectivity index (χ2v) is 11.1. The third kappa shape index (κ3) is 5.40. The van der Waals surface area contributed by atoms with Gasteiger partial charge in [0.25, 0.3) is 11.8 Å². The molecule has 0 saturated carbocycles. The number of nitrogens with one attached hydrogen (secondary N) is 1. The summed E-state index contributed by atoms with van der Waals surface area (Å²) in [7, 11) is 0. The minimum absolute atomic E-state index is 0. The van der Waals surface area contributed by atoms with Crippen LogP contribution >= 0.6 is 12.4 Å². The molecular weight excluding hydrogens is 516 g/mol. The largest absolute Gasteiger partial charge is 0.390 e. The van der Waals surface area contributed by atoms with Crippen LogP contribution in [0.25, 0.3) is 0 Å². The van der Waals surface area contributed by atoms with Gasteiger partial charge in [-0.1, -0.05) is 24.3 Å². The van der Waals surface area contributed by atoms with E-state index in [1.165, 1.54) is 11.1 Å². The minimum Gasteiger partial charge on any atom is -0.390 e. The van der Waals surface area contributed by atoms with Gasteiger partial charge < -0.3 is 29.9 Å². The van der Waals surface area contributed by atoms with Crippen LogP contribution < -0.4 is 10.2 Å². The minimum atomic E-state index is -0.675. The predicted molar refractivity (Wildman–Crippen MR) is 153 cm³/mol. The maximum absolute atomic E-state index is 13.7. The number of aliphatic hydroxyl groups excluding tert-OH is 1. The lowest BCUT2D eigenvalue weighted by Crippen LogP contribution is -2.57. The molecule has 4 aliphatic rings. The third-order valence-corrected chi connectivity index (χ3v) is 8.83. The number of rotatable bonds is 5. The molecule has 2 saturated heterocycles. The Morgan fingerprint density at radius 1 is 1.08 bits per heavy atom. The average Bonchev–Trinajstić information content (AvgIpc) is 3.07. The Morgan fingerprint density at radius 2 is 1.79 bits per heavy atom. The number of carbonyl (C=O) groups is 2. The number of benzene rings is 2. The molecule has 2 amide bonds. The van der Waals surface area contributed by atoms with Crippen molar-refractivity contribution in [2.75, 3.05) is 44.3 Å². The van der Waals surface area contributed by atoms with E-state index in [-0.39, 0.29) is 48.9 Å². The number of likely N-dealkylation sites (N-methyl/N-ethyl adjacent to an activating group) is 1. The number of morpholine rings is 1. The summed E-state index contributed by atoms with van der Waals surface area (Å²) < 4.78 is 5.74. The van der Waals surface area contributed by atoms with Crippen molar-refractivity contribution in [3.05, 3.63) is 64.7 Å². The number of amides is 2. The number of hydrogen-bond acceptors (Lipinski definition) is 6.